The molecule has 6 nitrogen and oxygen atoms in total. The van der Waals surface area contributed by atoms with Crippen molar-refractivity contribution in [2.75, 3.05) is 10.6 Å². The number of rotatable bonds is 6. The maximum absolute atomic E-state index is 12.9. The molecule has 0 fully saturated rings. The zero-order valence-corrected chi connectivity index (χ0v) is 19.0. The van der Waals surface area contributed by atoms with Gasteiger partial charge in [0.1, 0.15) is 5.82 Å². The van der Waals surface area contributed by atoms with Crippen molar-refractivity contribution >= 4 is 28.3 Å². The number of carbonyl (C=O) groups excluding carboxylic acids is 1. The number of H-pyrrole nitrogens is 1. The summed E-state index contributed by atoms with van der Waals surface area (Å²) >= 11 is 0. The summed E-state index contributed by atoms with van der Waals surface area (Å²) in [6, 6.07) is 24.9. The number of amides is 1. The molecule has 0 aliphatic rings. The van der Waals surface area contributed by atoms with Crippen molar-refractivity contribution in [2.45, 2.75) is 19.9 Å². The lowest BCUT2D eigenvalue weighted by molar-refractivity contribution is 0.102. The van der Waals surface area contributed by atoms with Crippen molar-refractivity contribution < 1.29 is 4.79 Å². The molecule has 0 aliphatic carbocycles. The van der Waals surface area contributed by atoms with Crippen molar-refractivity contribution in [1.29, 1.82) is 0 Å². The summed E-state index contributed by atoms with van der Waals surface area (Å²) < 4.78 is 0. The summed E-state index contributed by atoms with van der Waals surface area (Å²) in [6.45, 7) is 3.99. The maximum Gasteiger partial charge on any atom is 0.255 e. The number of fused-ring (bicyclic) bond motifs is 1. The Hall–Kier alpha value is -4.45. The molecule has 5 aromatic rings. The lowest BCUT2D eigenvalue weighted by Crippen LogP contribution is -2.15. The van der Waals surface area contributed by atoms with Crippen molar-refractivity contribution in [3.63, 3.8) is 0 Å². The van der Waals surface area contributed by atoms with Gasteiger partial charge in [-0.1, -0.05) is 30.3 Å². The van der Waals surface area contributed by atoms with Gasteiger partial charge in [0.15, 0.2) is 0 Å². The second-order valence-corrected chi connectivity index (χ2v) is 8.24. The van der Waals surface area contributed by atoms with Crippen LogP contribution in [0.1, 0.15) is 38.9 Å². The van der Waals surface area contributed by atoms with Crippen molar-refractivity contribution in [3.8, 4) is 0 Å². The lowest BCUT2D eigenvalue weighted by atomic mass is 9.99. The van der Waals surface area contributed by atoms with Gasteiger partial charge in [-0.3, -0.25) is 9.78 Å². The topological polar surface area (TPSA) is 82.7 Å². The van der Waals surface area contributed by atoms with Crippen LogP contribution in [0.5, 0.6) is 0 Å². The number of aromatic nitrogens is 3. The highest BCUT2D eigenvalue weighted by Gasteiger charge is 2.23. The molecular formula is C28H25N5O. The number of hydrogen-bond donors (Lipinski definition) is 3. The first-order chi connectivity index (χ1) is 16.6. The van der Waals surface area contributed by atoms with Crippen LogP contribution in [-0.2, 0) is 0 Å². The molecule has 5 rings (SSSR count). The predicted molar refractivity (Wildman–Crippen MR) is 136 cm³/mol. The van der Waals surface area contributed by atoms with Crippen LogP contribution in [0.25, 0.3) is 10.9 Å². The molecule has 34 heavy (non-hydrogen) atoms. The van der Waals surface area contributed by atoms with E-state index in [2.05, 4.69) is 32.5 Å². The molecule has 6 heteroatoms. The molecule has 3 aromatic heterocycles. The Labute approximate surface area is 198 Å². The average Bonchev–Trinajstić information content (AvgIpc) is 3.19. The minimum atomic E-state index is -0.229. The van der Waals surface area contributed by atoms with Crippen LogP contribution < -0.4 is 10.6 Å². The Balaban J connectivity index is 1.56. The number of nitrogens with zero attached hydrogens (tertiary/aromatic N) is 2. The van der Waals surface area contributed by atoms with Crippen LogP contribution in [-0.4, -0.2) is 20.9 Å². The smallest absolute Gasteiger partial charge is 0.255 e. The Morgan fingerprint density at radius 3 is 2.38 bits per heavy atom. The van der Waals surface area contributed by atoms with Crippen LogP contribution in [0.2, 0.25) is 0 Å². The van der Waals surface area contributed by atoms with Gasteiger partial charge in [0.2, 0.25) is 0 Å². The lowest BCUT2D eigenvalue weighted by Gasteiger charge is -2.20. The Kier molecular flexibility index (Phi) is 5.79. The highest BCUT2D eigenvalue weighted by molar-refractivity contribution is 6.06. The molecule has 0 spiro atoms. The van der Waals surface area contributed by atoms with E-state index in [0.29, 0.717) is 5.56 Å². The maximum atomic E-state index is 12.9. The third-order valence-corrected chi connectivity index (χ3v) is 5.91. The molecule has 0 bridgehead atoms. The van der Waals surface area contributed by atoms with Crippen LogP contribution in [0.4, 0.5) is 11.5 Å². The fourth-order valence-corrected chi connectivity index (χ4v) is 4.26. The van der Waals surface area contributed by atoms with Crippen molar-refractivity contribution in [1.82, 2.24) is 15.0 Å². The molecule has 3 heterocycles. The standard InChI is InChI=1S/C28H25N5O/c1-18-9-3-4-10-21(18)28(34)32-20-13-14-23-22(17-20)26(19(2)31-23)27(24-11-5-7-15-29-24)33-25-12-6-8-16-30-25/h3-17,27,31H,1-2H3,(H,30,33)(H,32,34)/t27-/m0/s1. The minimum absolute atomic E-state index is 0.126. The summed E-state index contributed by atoms with van der Waals surface area (Å²) in [6.07, 6.45) is 3.56. The minimum Gasteiger partial charge on any atom is -0.358 e. The predicted octanol–water partition coefficient (Wildman–Crippen LogP) is 6.03. The number of hydrogen-bond acceptors (Lipinski definition) is 4. The Morgan fingerprint density at radius 1 is 0.882 bits per heavy atom. The van der Waals surface area contributed by atoms with E-state index >= 15 is 0 Å². The Morgan fingerprint density at radius 2 is 1.65 bits per heavy atom. The van der Waals surface area contributed by atoms with E-state index in [0.717, 1.165) is 44.9 Å². The van der Waals surface area contributed by atoms with E-state index in [1.807, 2.05) is 85.8 Å². The molecule has 0 aliphatic heterocycles. The number of aryl methyl sites for hydroxylation is 2. The van der Waals surface area contributed by atoms with Crippen LogP contribution in [0.3, 0.4) is 0 Å². The van der Waals surface area contributed by atoms with E-state index < -0.39 is 0 Å². The zero-order valence-electron chi connectivity index (χ0n) is 19.0. The molecule has 0 saturated heterocycles. The number of pyridine rings is 2. The first kappa shape index (κ1) is 21.4. The highest BCUT2D eigenvalue weighted by atomic mass is 16.1. The molecule has 1 atom stereocenters. The fraction of sp³-hybridized carbons (Fsp3) is 0.107. The van der Waals surface area contributed by atoms with E-state index in [-0.39, 0.29) is 11.9 Å². The molecule has 3 N–H and O–H groups in total. The molecule has 0 unspecified atom stereocenters. The normalized spacial score (nSPS) is 11.8. The number of aromatic amines is 1. The molecule has 168 valence electrons. The van der Waals surface area contributed by atoms with Gasteiger partial charge in [-0.2, -0.15) is 0 Å². The van der Waals surface area contributed by atoms with Gasteiger partial charge in [-0.05, 0) is 67.9 Å². The number of benzene rings is 2. The third kappa shape index (κ3) is 4.26. The van der Waals surface area contributed by atoms with Crippen molar-refractivity contribution in [3.05, 3.63) is 119 Å². The van der Waals surface area contributed by atoms with E-state index in [4.69, 9.17) is 0 Å². The summed E-state index contributed by atoms with van der Waals surface area (Å²) in [7, 11) is 0. The first-order valence-electron chi connectivity index (χ1n) is 11.2. The quantitative estimate of drug-likeness (QED) is 0.297. The molecule has 1 amide bonds. The number of anilines is 2. The van der Waals surface area contributed by atoms with E-state index in [1.165, 1.54) is 0 Å². The molecule has 0 radical (unpaired) electrons. The van der Waals surface area contributed by atoms with Crippen LogP contribution in [0.15, 0.2) is 91.3 Å². The van der Waals surface area contributed by atoms with Crippen LogP contribution >= 0.6 is 0 Å². The number of nitrogens with one attached hydrogen (secondary N) is 3. The van der Waals surface area contributed by atoms with Gasteiger partial charge < -0.3 is 15.6 Å². The Bertz CT molecular complexity index is 1440. The van der Waals surface area contributed by atoms with Gasteiger partial charge in [0.05, 0.1) is 11.7 Å². The first-order valence-corrected chi connectivity index (χ1v) is 11.2. The third-order valence-electron chi connectivity index (χ3n) is 5.91. The largest absolute Gasteiger partial charge is 0.358 e. The van der Waals surface area contributed by atoms with Crippen molar-refractivity contribution in [2.24, 2.45) is 0 Å². The van der Waals surface area contributed by atoms with Gasteiger partial charge in [-0.25, -0.2) is 4.98 Å². The molecule has 2 aromatic carbocycles. The van der Waals surface area contributed by atoms with E-state index in [9.17, 15) is 4.79 Å². The second kappa shape index (κ2) is 9.19. The summed E-state index contributed by atoms with van der Waals surface area (Å²) in [4.78, 5) is 25.5. The molecular weight excluding hydrogens is 422 g/mol. The summed E-state index contributed by atoms with van der Waals surface area (Å²) in [5, 5.41) is 7.61. The second-order valence-electron chi connectivity index (χ2n) is 8.24. The van der Waals surface area contributed by atoms with Crippen LogP contribution in [0, 0.1) is 13.8 Å². The zero-order chi connectivity index (χ0) is 23.5. The highest BCUT2D eigenvalue weighted by Crippen LogP contribution is 2.35. The van der Waals surface area contributed by atoms with Gasteiger partial charge in [0.25, 0.3) is 5.91 Å². The summed E-state index contributed by atoms with van der Waals surface area (Å²) in [5.74, 6) is 0.634. The average molecular weight is 448 g/mol. The van der Waals surface area contributed by atoms with Gasteiger partial charge in [-0.15, -0.1) is 0 Å². The van der Waals surface area contributed by atoms with Gasteiger partial charge in [0, 0.05) is 45.8 Å². The van der Waals surface area contributed by atoms with Gasteiger partial charge >= 0.3 is 0 Å². The molecule has 0 saturated carbocycles. The summed E-state index contributed by atoms with van der Waals surface area (Å²) in [5.41, 5.74) is 6.29. The number of carbonyl (C=O) groups is 1. The fourth-order valence-electron chi connectivity index (χ4n) is 4.26. The van der Waals surface area contributed by atoms with E-state index in [1.54, 1.807) is 12.4 Å². The monoisotopic (exact) mass is 447 g/mol. The SMILES string of the molecule is Cc1ccccc1C(=O)Nc1ccc2[nH]c(C)c([C@@H](Nc3ccccn3)c3ccccn3)c2c1.